The Labute approximate surface area is 248 Å². The molecule has 15 heteroatoms. The molecule has 0 unspecified atom stereocenters. The Morgan fingerprint density at radius 1 is 0.429 bits per heavy atom. The van der Waals surface area contributed by atoms with Gasteiger partial charge in [-0.25, -0.2) is 0 Å². The molecule has 0 aromatic rings. The summed E-state index contributed by atoms with van der Waals surface area (Å²) in [7, 11) is 15.6. The Bertz CT molecular complexity index is 748. The van der Waals surface area contributed by atoms with Crippen LogP contribution < -0.4 is 0 Å². The van der Waals surface area contributed by atoms with Crippen LogP contribution in [-0.4, -0.2) is 177 Å². The molecule has 0 radical (unpaired) electrons. The average Bonchev–Trinajstić information content (AvgIpc) is 3.00. The Balaban J connectivity index is 1.95. The predicted molar refractivity (Wildman–Crippen MR) is 143 cm³/mol. The molecule has 3 saturated heterocycles. The lowest BCUT2D eigenvalue weighted by atomic mass is 9.96. The maximum Gasteiger partial charge on any atom is 0.187 e. The zero-order valence-electron chi connectivity index (χ0n) is 26.3. The number of hydrogen-bond donors (Lipinski definition) is 0. The third-order valence-electron chi connectivity index (χ3n) is 7.98. The SMILES string of the molecule is COC[C@@H]1O[C@H](O[C@@H]2[C@@H](OC)OC[C@H](OC)[C@@H]2OC)[C@H](OC)[C@@H](O[C@@H]2O[C@H](COC)[C@@H](OC)[C@H](OC)[C@@H]2OC)[C@@H]1OC. The van der Waals surface area contributed by atoms with E-state index in [2.05, 4.69) is 0 Å². The van der Waals surface area contributed by atoms with Crippen LogP contribution in [0.25, 0.3) is 0 Å². The van der Waals surface area contributed by atoms with Crippen molar-refractivity contribution in [3.05, 3.63) is 0 Å². The van der Waals surface area contributed by atoms with Gasteiger partial charge in [-0.15, -0.1) is 0 Å². The normalized spacial score (nSPS) is 43.0. The van der Waals surface area contributed by atoms with Gasteiger partial charge in [0, 0.05) is 71.1 Å². The third-order valence-corrected chi connectivity index (χ3v) is 7.98. The summed E-state index contributed by atoms with van der Waals surface area (Å²) in [5, 5.41) is 0. The lowest BCUT2D eigenvalue weighted by Gasteiger charge is -2.50. The molecular formula is C27H50O15. The van der Waals surface area contributed by atoms with Gasteiger partial charge in [0.1, 0.15) is 67.1 Å². The number of methoxy groups -OCH3 is 10. The van der Waals surface area contributed by atoms with Gasteiger partial charge in [0.25, 0.3) is 0 Å². The standard InChI is InChI=1S/C27H50O15/c1-28-11-15-18(32-5)20(34-7)22(35-8)26(39-15)41-21-19(33-6)16(12-29-2)40-27(23(21)36-9)42-24-17(31-4)14(30-3)13-38-25(24)37-10/h14-27H,11-13H2,1-10H3/t14-,15+,16-,17-,18+,19+,20-,21-,22-,23+,24-,25-,26-,27+/m0/s1. The monoisotopic (exact) mass is 614 g/mol. The van der Waals surface area contributed by atoms with E-state index in [1.165, 1.54) is 14.2 Å². The first-order chi connectivity index (χ1) is 20.4. The van der Waals surface area contributed by atoms with E-state index in [0.717, 1.165) is 0 Å². The summed E-state index contributed by atoms with van der Waals surface area (Å²) in [6.45, 7) is 0.677. The van der Waals surface area contributed by atoms with Crippen molar-refractivity contribution < 1.29 is 71.1 Å². The van der Waals surface area contributed by atoms with E-state index >= 15 is 0 Å². The summed E-state index contributed by atoms with van der Waals surface area (Å²) in [5.74, 6) is 0. The average molecular weight is 615 g/mol. The second kappa shape index (κ2) is 17.8. The minimum atomic E-state index is -0.990. The molecule has 0 amide bonds. The molecule has 3 aliphatic heterocycles. The maximum atomic E-state index is 6.67. The fourth-order valence-electron chi connectivity index (χ4n) is 5.95. The van der Waals surface area contributed by atoms with Gasteiger partial charge in [-0.2, -0.15) is 0 Å². The molecule has 0 N–H and O–H groups in total. The highest BCUT2D eigenvalue weighted by Gasteiger charge is 2.55. The van der Waals surface area contributed by atoms with Gasteiger partial charge in [0.05, 0.1) is 19.8 Å². The van der Waals surface area contributed by atoms with Gasteiger partial charge in [0.2, 0.25) is 0 Å². The Morgan fingerprint density at radius 2 is 0.881 bits per heavy atom. The first-order valence-corrected chi connectivity index (χ1v) is 13.8. The molecule has 3 heterocycles. The molecule has 0 aromatic heterocycles. The van der Waals surface area contributed by atoms with E-state index < -0.39 is 86.0 Å². The molecule has 3 fully saturated rings. The van der Waals surface area contributed by atoms with Crippen molar-refractivity contribution in [1.29, 1.82) is 0 Å². The summed E-state index contributed by atoms with van der Waals surface area (Å²) in [4.78, 5) is 0. The van der Waals surface area contributed by atoms with Crippen LogP contribution in [0.5, 0.6) is 0 Å². The highest BCUT2D eigenvalue weighted by molar-refractivity contribution is 4.98. The quantitative estimate of drug-likeness (QED) is 0.223. The second-order valence-electron chi connectivity index (χ2n) is 10.1. The van der Waals surface area contributed by atoms with Crippen LogP contribution in [0, 0.1) is 0 Å². The summed E-state index contributed by atoms with van der Waals surface area (Å²) < 4.78 is 88.8. The smallest absolute Gasteiger partial charge is 0.187 e. The van der Waals surface area contributed by atoms with Gasteiger partial charge in [0.15, 0.2) is 18.9 Å². The van der Waals surface area contributed by atoms with Gasteiger partial charge in [-0.3, -0.25) is 0 Å². The first-order valence-electron chi connectivity index (χ1n) is 13.8. The Kier molecular flexibility index (Phi) is 15.2. The van der Waals surface area contributed by atoms with Crippen molar-refractivity contribution in [3.8, 4) is 0 Å². The van der Waals surface area contributed by atoms with E-state index in [1.807, 2.05) is 0 Å². The van der Waals surface area contributed by atoms with Crippen LogP contribution in [0.2, 0.25) is 0 Å². The van der Waals surface area contributed by atoms with Gasteiger partial charge >= 0.3 is 0 Å². The van der Waals surface area contributed by atoms with E-state index in [-0.39, 0.29) is 19.8 Å². The van der Waals surface area contributed by atoms with E-state index in [9.17, 15) is 0 Å². The highest BCUT2D eigenvalue weighted by Crippen LogP contribution is 2.36. The molecular weight excluding hydrogens is 564 g/mol. The van der Waals surface area contributed by atoms with Gasteiger partial charge < -0.3 is 71.1 Å². The summed E-state index contributed by atoms with van der Waals surface area (Å²) in [6.07, 6.45) is -9.40. The fraction of sp³-hybridized carbons (Fsp3) is 1.00. The van der Waals surface area contributed by atoms with Crippen LogP contribution in [-0.2, 0) is 71.1 Å². The molecule has 42 heavy (non-hydrogen) atoms. The van der Waals surface area contributed by atoms with Crippen LogP contribution in [0.1, 0.15) is 0 Å². The van der Waals surface area contributed by atoms with Crippen molar-refractivity contribution >= 4 is 0 Å². The van der Waals surface area contributed by atoms with Crippen molar-refractivity contribution in [1.82, 2.24) is 0 Å². The van der Waals surface area contributed by atoms with Crippen molar-refractivity contribution in [2.24, 2.45) is 0 Å². The van der Waals surface area contributed by atoms with Crippen molar-refractivity contribution in [2.45, 2.75) is 86.0 Å². The Morgan fingerprint density at radius 3 is 1.31 bits per heavy atom. The summed E-state index contributed by atoms with van der Waals surface area (Å²) >= 11 is 0. The van der Waals surface area contributed by atoms with E-state index in [1.54, 1.807) is 56.9 Å². The first kappa shape index (κ1) is 35.9. The topological polar surface area (TPSA) is 138 Å². The number of ether oxygens (including phenoxy) is 15. The number of rotatable bonds is 16. The van der Waals surface area contributed by atoms with Crippen LogP contribution in [0.4, 0.5) is 0 Å². The second-order valence-corrected chi connectivity index (χ2v) is 10.1. The summed E-state index contributed by atoms with van der Waals surface area (Å²) in [6, 6.07) is 0. The largest absolute Gasteiger partial charge is 0.382 e. The molecule has 14 atom stereocenters. The molecule has 0 bridgehead atoms. The van der Waals surface area contributed by atoms with E-state index in [0.29, 0.717) is 0 Å². The number of hydrogen-bond acceptors (Lipinski definition) is 15. The van der Waals surface area contributed by atoms with Crippen LogP contribution >= 0.6 is 0 Å². The van der Waals surface area contributed by atoms with Crippen LogP contribution in [0.3, 0.4) is 0 Å². The third kappa shape index (κ3) is 7.78. The summed E-state index contributed by atoms with van der Waals surface area (Å²) in [5.41, 5.74) is 0. The molecule has 3 aliphatic rings. The lowest BCUT2D eigenvalue weighted by Crippen LogP contribution is -2.67. The van der Waals surface area contributed by atoms with Crippen molar-refractivity contribution in [3.63, 3.8) is 0 Å². The molecule has 248 valence electrons. The molecule has 0 spiro atoms. The minimum absolute atomic E-state index is 0.176. The zero-order valence-corrected chi connectivity index (χ0v) is 26.3. The molecule has 0 aromatic carbocycles. The fourth-order valence-corrected chi connectivity index (χ4v) is 5.95. The lowest BCUT2D eigenvalue weighted by molar-refractivity contribution is -0.386. The van der Waals surface area contributed by atoms with Gasteiger partial charge in [-0.05, 0) is 0 Å². The molecule has 15 nitrogen and oxygen atoms in total. The van der Waals surface area contributed by atoms with Gasteiger partial charge in [-0.1, -0.05) is 0 Å². The van der Waals surface area contributed by atoms with Crippen LogP contribution in [0.15, 0.2) is 0 Å². The molecule has 0 saturated carbocycles. The zero-order chi connectivity index (χ0) is 30.8. The molecule has 0 aliphatic carbocycles. The van der Waals surface area contributed by atoms with Crippen molar-refractivity contribution in [2.75, 3.05) is 90.9 Å². The highest BCUT2D eigenvalue weighted by atomic mass is 16.8. The maximum absolute atomic E-state index is 6.67. The minimum Gasteiger partial charge on any atom is -0.382 e. The van der Waals surface area contributed by atoms with E-state index in [4.69, 9.17) is 71.1 Å². The molecule has 3 rings (SSSR count). The predicted octanol–water partition coefficient (Wildman–Crippen LogP) is -0.393. The Hall–Kier alpha value is -0.600.